The van der Waals surface area contributed by atoms with Gasteiger partial charge in [0.1, 0.15) is 10.8 Å². The van der Waals surface area contributed by atoms with Gasteiger partial charge >= 0.3 is 5.97 Å². The molecule has 1 aromatic carbocycles. The number of halogens is 1. The summed E-state index contributed by atoms with van der Waals surface area (Å²) >= 11 is 9.02. The highest BCUT2D eigenvalue weighted by molar-refractivity contribution is 7.98. The maximum absolute atomic E-state index is 12.2. The molecule has 0 spiro atoms. The van der Waals surface area contributed by atoms with Crippen molar-refractivity contribution < 1.29 is 14.7 Å². The number of nitrogens with zero attached hydrogens (tertiary/aromatic N) is 1. The quantitative estimate of drug-likeness (QED) is 0.694. The summed E-state index contributed by atoms with van der Waals surface area (Å²) in [4.78, 5) is 27.9. The zero-order valence-electron chi connectivity index (χ0n) is 13.2. The average Bonchev–Trinajstić information content (AvgIpc) is 2.99. The number of thioether (sulfide) groups is 1. The molecule has 0 saturated heterocycles. The van der Waals surface area contributed by atoms with E-state index >= 15 is 0 Å². The summed E-state index contributed by atoms with van der Waals surface area (Å²) in [6, 6.07) is 7.39. The monoisotopic (exact) mass is 383 g/mol. The molecule has 128 valence electrons. The summed E-state index contributed by atoms with van der Waals surface area (Å²) in [7, 11) is 0. The topological polar surface area (TPSA) is 67.3 Å². The van der Waals surface area contributed by atoms with Gasteiger partial charge in [-0.25, -0.2) is 4.98 Å². The number of carboxylic acid groups (broad SMARTS) is 1. The second-order valence-electron chi connectivity index (χ2n) is 5.39. The molecule has 1 aromatic heterocycles. The first-order valence-electron chi connectivity index (χ1n) is 7.43. The molecule has 1 N–H and O–H groups in total. The fourth-order valence-electron chi connectivity index (χ4n) is 2.26. The first kappa shape index (κ1) is 19.0. The molecule has 0 bridgehead atoms. The molecule has 2 rings (SSSR count). The lowest BCUT2D eigenvalue weighted by Gasteiger charge is -2.10. The molecule has 1 atom stereocenters. The normalized spacial score (nSPS) is 12.1. The summed E-state index contributed by atoms with van der Waals surface area (Å²) in [5.74, 6) is -0.877. The standard InChI is InChI=1S/C17H18ClNO3S2/c1-23-6-5-12(17(21)22)8-15(20)9-14-10-24-16(19-14)11-3-2-4-13(18)7-11/h2-4,7,10,12H,5-6,8-9H2,1H3,(H,21,22)/t12-/m1/s1. The van der Waals surface area contributed by atoms with Crippen molar-refractivity contribution in [2.75, 3.05) is 12.0 Å². The van der Waals surface area contributed by atoms with Crippen molar-refractivity contribution in [1.29, 1.82) is 0 Å². The van der Waals surface area contributed by atoms with Gasteiger partial charge in [0.2, 0.25) is 0 Å². The minimum atomic E-state index is -0.907. The summed E-state index contributed by atoms with van der Waals surface area (Å²) in [6.07, 6.45) is 2.65. The van der Waals surface area contributed by atoms with Gasteiger partial charge in [-0.05, 0) is 30.6 Å². The number of aliphatic carboxylic acids is 1. The van der Waals surface area contributed by atoms with Crippen molar-refractivity contribution in [2.45, 2.75) is 19.3 Å². The Kier molecular flexibility index (Phi) is 7.27. The van der Waals surface area contributed by atoms with Gasteiger partial charge in [-0.15, -0.1) is 11.3 Å². The smallest absolute Gasteiger partial charge is 0.306 e. The highest BCUT2D eigenvalue weighted by Crippen LogP contribution is 2.26. The van der Waals surface area contributed by atoms with E-state index in [0.29, 0.717) is 17.1 Å². The molecule has 2 aromatic rings. The van der Waals surface area contributed by atoms with Gasteiger partial charge in [0, 0.05) is 28.8 Å². The molecule has 0 amide bonds. The molecule has 0 aliphatic heterocycles. The maximum atomic E-state index is 12.2. The third-order valence-corrected chi connectivity index (χ3v) is 5.31. The maximum Gasteiger partial charge on any atom is 0.306 e. The fraction of sp³-hybridized carbons (Fsp3) is 0.353. The fourth-order valence-corrected chi connectivity index (χ4v) is 3.79. The second-order valence-corrected chi connectivity index (χ2v) is 7.67. The second kappa shape index (κ2) is 9.20. The highest BCUT2D eigenvalue weighted by Gasteiger charge is 2.21. The SMILES string of the molecule is CSCC[C@H](CC(=O)Cc1csc(-c2cccc(Cl)c2)n1)C(=O)O. The van der Waals surface area contributed by atoms with E-state index in [-0.39, 0.29) is 18.6 Å². The first-order valence-corrected chi connectivity index (χ1v) is 10.1. The van der Waals surface area contributed by atoms with Crippen LogP contribution < -0.4 is 0 Å². The number of carboxylic acids is 1. The van der Waals surface area contributed by atoms with E-state index in [2.05, 4.69) is 4.98 Å². The number of hydrogen-bond acceptors (Lipinski definition) is 5. The van der Waals surface area contributed by atoms with Gasteiger partial charge in [0.25, 0.3) is 0 Å². The molecule has 0 unspecified atom stereocenters. The van der Waals surface area contributed by atoms with Crippen LogP contribution >= 0.6 is 34.7 Å². The predicted octanol–water partition coefficient (Wildman–Crippen LogP) is 4.42. The van der Waals surface area contributed by atoms with Crippen LogP contribution in [0.4, 0.5) is 0 Å². The summed E-state index contributed by atoms with van der Waals surface area (Å²) in [5.41, 5.74) is 1.59. The zero-order chi connectivity index (χ0) is 17.5. The van der Waals surface area contributed by atoms with Crippen molar-refractivity contribution in [3.63, 3.8) is 0 Å². The van der Waals surface area contributed by atoms with Crippen molar-refractivity contribution in [2.24, 2.45) is 5.92 Å². The number of hydrogen-bond donors (Lipinski definition) is 1. The number of thiazole rings is 1. The Labute approximate surface area is 154 Å². The van der Waals surface area contributed by atoms with Crippen molar-refractivity contribution in [3.8, 4) is 10.6 Å². The molecule has 24 heavy (non-hydrogen) atoms. The summed E-state index contributed by atoms with van der Waals surface area (Å²) in [5, 5.41) is 12.5. The number of ketones is 1. The lowest BCUT2D eigenvalue weighted by molar-refractivity contribution is -0.143. The molecule has 0 fully saturated rings. The van der Waals surface area contributed by atoms with Gasteiger partial charge in [-0.2, -0.15) is 11.8 Å². The van der Waals surface area contributed by atoms with E-state index in [9.17, 15) is 14.7 Å². The molecular weight excluding hydrogens is 366 g/mol. The van der Waals surface area contributed by atoms with Crippen LogP contribution in [0.1, 0.15) is 18.5 Å². The van der Waals surface area contributed by atoms with E-state index < -0.39 is 11.9 Å². The Balaban J connectivity index is 1.98. The summed E-state index contributed by atoms with van der Waals surface area (Å²) in [6.45, 7) is 0. The number of Topliss-reactive ketones (excluding diaryl/α,β-unsaturated/α-hetero) is 1. The highest BCUT2D eigenvalue weighted by atomic mass is 35.5. The average molecular weight is 384 g/mol. The van der Waals surface area contributed by atoms with E-state index in [0.717, 1.165) is 16.3 Å². The molecule has 0 aliphatic rings. The lowest BCUT2D eigenvalue weighted by atomic mass is 9.98. The number of rotatable bonds is 9. The first-order chi connectivity index (χ1) is 11.5. The van der Waals surface area contributed by atoms with Gasteiger partial charge in [0.05, 0.1) is 11.6 Å². The minimum absolute atomic E-state index is 0.0555. The molecule has 0 aliphatic carbocycles. The molecule has 1 heterocycles. The van der Waals surface area contributed by atoms with E-state index in [1.54, 1.807) is 17.8 Å². The van der Waals surface area contributed by atoms with Gasteiger partial charge in [-0.3, -0.25) is 9.59 Å². The van der Waals surface area contributed by atoms with Crippen LogP contribution in [0.25, 0.3) is 10.6 Å². The molecule has 7 heteroatoms. The predicted molar refractivity (Wildman–Crippen MR) is 100 cm³/mol. The van der Waals surface area contributed by atoms with Crippen molar-refractivity contribution >= 4 is 46.5 Å². The molecule has 4 nitrogen and oxygen atoms in total. The van der Waals surface area contributed by atoms with Crippen molar-refractivity contribution in [3.05, 3.63) is 40.4 Å². The Bertz CT molecular complexity index is 717. The van der Waals surface area contributed by atoms with Gasteiger partial charge in [0.15, 0.2) is 0 Å². The van der Waals surface area contributed by atoms with Gasteiger partial charge in [-0.1, -0.05) is 23.7 Å². The van der Waals surface area contributed by atoms with Crippen LogP contribution in [-0.4, -0.2) is 33.9 Å². The number of carbonyl (C=O) groups is 2. The Morgan fingerprint density at radius 3 is 2.88 bits per heavy atom. The number of carbonyl (C=O) groups excluding carboxylic acids is 1. The van der Waals surface area contributed by atoms with Crippen LogP contribution in [0.5, 0.6) is 0 Å². The molecule has 0 radical (unpaired) electrons. The largest absolute Gasteiger partial charge is 0.481 e. The van der Waals surface area contributed by atoms with Crippen molar-refractivity contribution in [1.82, 2.24) is 4.98 Å². The lowest BCUT2D eigenvalue weighted by Crippen LogP contribution is -2.19. The third kappa shape index (κ3) is 5.61. The Morgan fingerprint density at radius 1 is 1.42 bits per heavy atom. The molecular formula is C17H18ClNO3S2. The van der Waals surface area contributed by atoms with E-state index in [1.165, 1.54) is 11.3 Å². The molecule has 0 saturated carbocycles. The van der Waals surface area contributed by atoms with Crippen LogP contribution in [0.15, 0.2) is 29.6 Å². The van der Waals surface area contributed by atoms with Gasteiger partial charge < -0.3 is 5.11 Å². The Hall–Kier alpha value is -1.37. The minimum Gasteiger partial charge on any atom is -0.481 e. The van der Waals surface area contributed by atoms with Crippen LogP contribution in [0, 0.1) is 5.92 Å². The summed E-state index contributed by atoms with van der Waals surface area (Å²) < 4.78 is 0. The number of aromatic nitrogens is 1. The number of benzene rings is 1. The zero-order valence-corrected chi connectivity index (χ0v) is 15.6. The van der Waals surface area contributed by atoms with E-state index in [1.807, 2.05) is 29.8 Å². The Morgan fingerprint density at radius 2 is 2.21 bits per heavy atom. The van der Waals surface area contributed by atoms with Crippen LogP contribution in [0.3, 0.4) is 0 Å². The van der Waals surface area contributed by atoms with Crippen LogP contribution in [0.2, 0.25) is 5.02 Å². The van der Waals surface area contributed by atoms with Crippen LogP contribution in [-0.2, 0) is 16.0 Å². The third-order valence-electron chi connectivity index (χ3n) is 3.50. The van der Waals surface area contributed by atoms with E-state index in [4.69, 9.17) is 11.6 Å².